The number of carbonyl (C=O) groups excluding carboxylic acids is 2. The van der Waals surface area contributed by atoms with Gasteiger partial charge in [-0.05, 0) is 48.5 Å². The summed E-state index contributed by atoms with van der Waals surface area (Å²) in [7, 11) is 0. The van der Waals surface area contributed by atoms with Crippen LogP contribution in [0.25, 0.3) is 11.0 Å². The summed E-state index contributed by atoms with van der Waals surface area (Å²) < 4.78 is 56.0. The zero-order valence-electron chi connectivity index (χ0n) is 17.1. The molecule has 2 amide bonds. The first-order chi connectivity index (χ1) is 16.2. The lowest BCUT2D eigenvalue weighted by atomic mass is 10.1. The van der Waals surface area contributed by atoms with Crippen LogP contribution in [0.2, 0.25) is 0 Å². The molecule has 0 aliphatic heterocycles. The molecule has 2 N–H and O–H groups in total. The van der Waals surface area contributed by atoms with Crippen LogP contribution in [0.1, 0.15) is 16.1 Å². The van der Waals surface area contributed by atoms with Crippen LogP contribution in [-0.2, 0) is 11.0 Å². The number of hydrogen-bond donors (Lipinski definition) is 2. The molecule has 0 atom stereocenters. The largest absolute Gasteiger partial charge is 0.484 e. The van der Waals surface area contributed by atoms with Gasteiger partial charge in [0.2, 0.25) is 0 Å². The summed E-state index contributed by atoms with van der Waals surface area (Å²) >= 11 is 0. The second-order valence-electron chi connectivity index (χ2n) is 6.98. The van der Waals surface area contributed by atoms with E-state index in [0.717, 1.165) is 6.07 Å². The molecule has 4 aromatic rings. The smallest absolute Gasteiger partial charge is 0.418 e. The van der Waals surface area contributed by atoms with Crippen molar-refractivity contribution in [2.24, 2.45) is 0 Å². The third-order valence-corrected chi connectivity index (χ3v) is 4.57. The van der Waals surface area contributed by atoms with E-state index in [2.05, 4.69) is 10.6 Å². The van der Waals surface area contributed by atoms with Crippen molar-refractivity contribution in [3.05, 3.63) is 88.7 Å². The Kier molecular flexibility index (Phi) is 6.09. The number of furan rings is 1. The number of hydrogen-bond acceptors (Lipinski definition) is 6. The number of amides is 2. The zero-order valence-corrected chi connectivity index (χ0v) is 17.1. The van der Waals surface area contributed by atoms with Gasteiger partial charge in [-0.15, -0.1) is 0 Å². The molecule has 0 fully saturated rings. The number of fused-ring (bicyclic) bond motifs is 1. The first-order valence-corrected chi connectivity index (χ1v) is 9.72. The molecule has 0 spiro atoms. The lowest BCUT2D eigenvalue weighted by Gasteiger charge is -2.16. The van der Waals surface area contributed by atoms with Gasteiger partial charge in [-0.2, -0.15) is 13.2 Å². The highest BCUT2D eigenvalue weighted by Crippen LogP contribution is 2.36. The molecule has 4 rings (SSSR count). The summed E-state index contributed by atoms with van der Waals surface area (Å²) in [4.78, 5) is 35.6. The summed E-state index contributed by atoms with van der Waals surface area (Å²) in [6, 6.07) is 13.1. The topological polar surface area (TPSA) is 111 Å². The van der Waals surface area contributed by atoms with Gasteiger partial charge in [0.1, 0.15) is 11.3 Å². The Morgan fingerprint density at radius 3 is 2.50 bits per heavy atom. The third-order valence-electron chi connectivity index (χ3n) is 4.57. The number of benzene rings is 2. The molecule has 0 aliphatic carbocycles. The average Bonchev–Trinajstić information content (AvgIpc) is 3.33. The number of anilines is 2. The molecule has 0 saturated heterocycles. The van der Waals surface area contributed by atoms with Crippen molar-refractivity contribution < 1.29 is 36.3 Å². The maximum Gasteiger partial charge on any atom is 0.418 e. The predicted octanol–water partition coefficient (Wildman–Crippen LogP) is 4.67. The fourth-order valence-electron chi connectivity index (χ4n) is 3.03. The molecule has 0 bridgehead atoms. The Morgan fingerprint density at radius 2 is 1.76 bits per heavy atom. The van der Waals surface area contributed by atoms with Gasteiger partial charge in [0, 0.05) is 23.2 Å². The Balaban J connectivity index is 1.46. The van der Waals surface area contributed by atoms with Gasteiger partial charge >= 0.3 is 11.8 Å². The van der Waals surface area contributed by atoms with Crippen LogP contribution in [0.3, 0.4) is 0 Å². The standard InChI is InChI=1S/C23H15F3N2O6/c24-23(25,26)16-10-14(27-22(31)18-2-1-9-32-18)5-7-17(16)28-20(29)12-33-15-6-3-13-4-8-21(30)34-19(13)11-15/h1-11H,12H2,(H,27,31)(H,28,29). The predicted molar refractivity (Wildman–Crippen MR) is 115 cm³/mol. The van der Waals surface area contributed by atoms with Gasteiger partial charge in [-0.3, -0.25) is 9.59 Å². The van der Waals surface area contributed by atoms with E-state index >= 15 is 0 Å². The molecular formula is C23H15F3N2O6. The fraction of sp³-hybridized carbons (Fsp3) is 0.0870. The molecule has 11 heteroatoms. The van der Waals surface area contributed by atoms with Crippen molar-refractivity contribution in [3.63, 3.8) is 0 Å². The number of alkyl halides is 3. The van der Waals surface area contributed by atoms with Crippen molar-refractivity contribution in [1.82, 2.24) is 0 Å². The minimum atomic E-state index is -4.81. The van der Waals surface area contributed by atoms with Gasteiger partial charge in [0.25, 0.3) is 11.8 Å². The van der Waals surface area contributed by atoms with Gasteiger partial charge in [-0.1, -0.05) is 0 Å². The number of carbonyl (C=O) groups is 2. The maximum absolute atomic E-state index is 13.6. The van der Waals surface area contributed by atoms with Crippen LogP contribution in [0.4, 0.5) is 24.5 Å². The monoisotopic (exact) mass is 472 g/mol. The van der Waals surface area contributed by atoms with Gasteiger partial charge in [0.05, 0.1) is 17.5 Å². The second kappa shape index (κ2) is 9.14. The number of nitrogens with one attached hydrogen (secondary N) is 2. The Labute approximate surface area is 188 Å². The van der Waals surface area contributed by atoms with E-state index in [1.54, 1.807) is 12.1 Å². The van der Waals surface area contributed by atoms with Gasteiger partial charge in [-0.25, -0.2) is 4.79 Å². The second-order valence-corrected chi connectivity index (χ2v) is 6.98. The zero-order chi connectivity index (χ0) is 24.3. The number of rotatable bonds is 6. The highest BCUT2D eigenvalue weighted by Gasteiger charge is 2.34. The van der Waals surface area contributed by atoms with Crippen LogP contribution < -0.4 is 21.0 Å². The van der Waals surface area contributed by atoms with Crippen LogP contribution in [0.15, 0.2) is 80.6 Å². The SMILES string of the molecule is O=C(COc1ccc2ccc(=O)oc2c1)Nc1ccc(NC(=O)c2ccco2)cc1C(F)(F)F. The quantitative estimate of drug-likeness (QED) is 0.395. The molecule has 8 nitrogen and oxygen atoms in total. The van der Waals surface area contributed by atoms with Crippen molar-refractivity contribution in [3.8, 4) is 5.75 Å². The molecule has 34 heavy (non-hydrogen) atoms. The highest BCUT2D eigenvalue weighted by molar-refractivity contribution is 6.02. The molecule has 2 aromatic heterocycles. The van der Waals surface area contributed by atoms with Crippen LogP contribution in [0, 0.1) is 0 Å². The van der Waals surface area contributed by atoms with Crippen molar-refractivity contribution in [1.29, 1.82) is 0 Å². The van der Waals surface area contributed by atoms with Crippen LogP contribution in [0.5, 0.6) is 5.75 Å². The van der Waals surface area contributed by atoms with Crippen molar-refractivity contribution in [2.45, 2.75) is 6.18 Å². The molecular weight excluding hydrogens is 457 g/mol. The van der Waals surface area contributed by atoms with Gasteiger partial charge in [0.15, 0.2) is 12.4 Å². The summed E-state index contributed by atoms with van der Waals surface area (Å²) in [5, 5.41) is 5.08. The van der Waals surface area contributed by atoms with Gasteiger partial charge < -0.3 is 24.2 Å². The Hall–Kier alpha value is -4.54. The summed E-state index contributed by atoms with van der Waals surface area (Å²) in [5.74, 6) is -1.47. The molecule has 2 heterocycles. The van der Waals surface area contributed by atoms with Crippen LogP contribution in [-0.4, -0.2) is 18.4 Å². The summed E-state index contributed by atoms with van der Waals surface area (Å²) in [6.07, 6.45) is -3.56. The van der Waals surface area contributed by atoms with E-state index in [0.29, 0.717) is 11.5 Å². The number of halogens is 3. The average molecular weight is 472 g/mol. The lowest BCUT2D eigenvalue weighted by molar-refractivity contribution is -0.137. The third kappa shape index (κ3) is 5.26. The Bertz CT molecular complexity index is 1410. The minimum Gasteiger partial charge on any atom is -0.484 e. The molecule has 0 unspecified atom stereocenters. The highest BCUT2D eigenvalue weighted by atomic mass is 19.4. The Morgan fingerprint density at radius 1 is 0.971 bits per heavy atom. The molecule has 0 saturated carbocycles. The first kappa shape index (κ1) is 22.6. The van der Waals surface area contributed by atoms with E-state index in [9.17, 15) is 27.6 Å². The minimum absolute atomic E-state index is 0.0731. The molecule has 174 valence electrons. The molecule has 0 radical (unpaired) electrons. The van der Waals surface area contributed by atoms with Crippen LogP contribution >= 0.6 is 0 Å². The lowest BCUT2D eigenvalue weighted by Crippen LogP contribution is -2.22. The first-order valence-electron chi connectivity index (χ1n) is 9.72. The summed E-state index contributed by atoms with van der Waals surface area (Å²) in [6.45, 7) is -0.600. The van der Waals surface area contributed by atoms with E-state index in [1.807, 2.05) is 0 Å². The number of ether oxygens (including phenoxy) is 1. The van der Waals surface area contributed by atoms with Crippen molar-refractivity contribution >= 4 is 34.2 Å². The summed E-state index contributed by atoms with van der Waals surface area (Å²) in [5.41, 5.74) is -2.14. The van der Waals surface area contributed by atoms with E-state index in [1.165, 1.54) is 42.7 Å². The van der Waals surface area contributed by atoms with E-state index in [4.69, 9.17) is 13.6 Å². The maximum atomic E-state index is 13.6. The fourth-order valence-corrected chi connectivity index (χ4v) is 3.03. The van der Waals surface area contributed by atoms with E-state index in [-0.39, 0.29) is 22.8 Å². The normalized spacial score (nSPS) is 11.3. The molecule has 0 aliphatic rings. The van der Waals surface area contributed by atoms with E-state index < -0.39 is 41.5 Å². The van der Waals surface area contributed by atoms with Crippen molar-refractivity contribution in [2.75, 3.05) is 17.2 Å². The molecule has 2 aromatic carbocycles.